The van der Waals surface area contributed by atoms with Crippen LogP contribution in [0.4, 0.5) is 0 Å². The first-order valence-corrected chi connectivity index (χ1v) is 8.91. The van der Waals surface area contributed by atoms with E-state index in [0.29, 0.717) is 12.0 Å². The lowest BCUT2D eigenvalue weighted by Gasteiger charge is -2.34. The van der Waals surface area contributed by atoms with Crippen molar-refractivity contribution in [2.24, 2.45) is 5.92 Å². The van der Waals surface area contributed by atoms with E-state index in [1.54, 1.807) is 12.1 Å². The predicted octanol–water partition coefficient (Wildman–Crippen LogP) is 4.82. The van der Waals surface area contributed by atoms with Gasteiger partial charge >= 0.3 is 0 Å². The molecule has 1 aliphatic carbocycles. The summed E-state index contributed by atoms with van der Waals surface area (Å²) < 4.78 is 0. The van der Waals surface area contributed by atoms with Crippen LogP contribution in [-0.2, 0) is 6.42 Å². The van der Waals surface area contributed by atoms with Gasteiger partial charge in [0.2, 0.25) is 0 Å². The highest BCUT2D eigenvalue weighted by Crippen LogP contribution is 2.46. The van der Waals surface area contributed by atoms with Crippen molar-refractivity contribution in [2.45, 2.75) is 64.9 Å². The summed E-state index contributed by atoms with van der Waals surface area (Å²) in [5.41, 5.74) is 3.34. The molecule has 0 radical (unpaired) electrons. The van der Waals surface area contributed by atoms with Crippen molar-refractivity contribution in [3.63, 3.8) is 0 Å². The molecule has 0 spiro atoms. The Hall–Kier alpha value is -1.74. The first kappa shape index (κ1) is 18.6. The average molecular weight is 330 g/mol. The molecule has 2 rings (SSSR count). The Balaban J connectivity index is 2.37. The minimum Gasteiger partial charge on any atom is -0.507 e. The molecule has 3 unspecified atom stereocenters. The van der Waals surface area contributed by atoms with Gasteiger partial charge in [-0.3, -0.25) is 0 Å². The Bertz CT molecular complexity index is 607. The molecule has 0 fully saturated rings. The second-order valence-electron chi connectivity index (χ2n) is 7.15. The second-order valence-corrected chi connectivity index (χ2v) is 7.15. The van der Waals surface area contributed by atoms with Crippen LogP contribution in [0.25, 0.3) is 0 Å². The van der Waals surface area contributed by atoms with Crippen molar-refractivity contribution in [1.29, 1.82) is 0 Å². The first-order valence-electron chi connectivity index (χ1n) is 8.91. The number of aromatic hydroxyl groups is 2. The topological polar surface area (TPSA) is 60.7 Å². The molecular formula is C21H30O3. The minimum absolute atomic E-state index is 0.00596. The fraction of sp³-hybridized carbons (Fsp3) is 0.524. The van der Waals surface area contributed by atoms with Crippen LogP contribution in [0.2, 0.25) is 0 Å². The van der Waals surface area contributed by atoms with E-state index >= 15 is 0 Å². The van der Waals surface area contributed by atoms with Crippen molar-refractivity contribution < 1.29 is 15.3 Å². The zero-order valence-corrected chi connectivity index (χ0v) is 15.0. The van der Waals surface area contributed by atoms with Crippen molar-refractivity contribution >= 4 is 0 Å². The van der Waals surface area contributed by atoms with Crippen LogP contribution in [0.5, 0.6) is 11.5 Å². The summed E-state index contributed by atoms with van der Waals surface area (Å²) in [6.45, 7) is 10.0. The number of aliphatic hydroxyl groups excluding tert-OH is 1. The Morgan fingerprint density at radius 2 is 1.83 bits per heavy atom. The van der Waals surface area contributed by atoms with E-state index < -0.39 is 6.10 Å². The predicted molar refractivity (Wildman–Crippen MR) is 98.4 cm³/mol. The molecule has 0 saturated heterocycles. The molecule has 3 N–H and O–H groups in total. The van der Waals surface area contributed by atoms with Crippen molar-refractivity contribution in [3.05, 3.63) is 47.1 Å². The molecule has 0 aliphatic heterocycles. The normalized spacial score (nSPS) is 23.8. The van der Waals surface area contributed by atoms with Gasteiger partial charge in [-0.05, 0) is 62.3 Å². The van der Waals surface area contributed by atoms with E-state index in [-0.39, 0.29) is 23.3 Å². The van der Waals surface area contributed by atoms with Gasteiger partial charge in [-0.2, -0.15) is 0 Å². The lowest BCUT2D eigenvalue weighted by Crippen LogP contribution is -2.26. The number of phenols is 2. The third-order valence-electron chi connectivity index (χ3n) is 5.11. The molecule has 0 heterocycles. The summed E-state index contributed by atoms with van der Waals surface area (Å²) in [5.74, 6) is 0.124. The zero-order chi connectivity index (χ0) is 17.9. The van der Waals surface area contributed by atoms with Gasteiger partial charge in [-0.25, -0.2) is 0 Å². The van der Waals surface area contributed by atoms with Crippen LogP contribution in [0.15, 0.2) is 35.9 Å². The van der Waals surface area contributed by atoms with E-state index in [4.69, 9.17) is 0 Å². The molecule has 3 atom stereocenters. The number of benzene rings is 1. The van der Waals surface area contributed by atoms with Crippen LogP contribution in [-0.4, -0.2) is 21.4 Å². The number of allylic oxidation sites excluding steroid dienone is 2. The molecule has 1 aromatic rings. The maximum atomic E-state index is 10.6. The number of rotatable bonds is 6. The summed E-state index contributed by atoms with van der Waals surface area (Å²) in [6.07, 6.45) is 6.24. The number of unbranched alkanes of at least 4 members (excludes halogenated alkanes) is 2. The van der Waals surface area contributed by atoms with Gasteiger partial charge < -0.3 is 15.3 Å². The summed E-state index contributed by atoms with van der Waals surface area (Å²) >= 11 is 0. The number of hydrogen-bond donors (Lipinski definition) is 3. The second kappa shape index (κ2) is 7.89. The fourth-order valence-corrected chi connectivity index (χ4v) is 3.62. The largest absolute Gasteiger partial charge is 0.507 e. The average Bonchev–Trinajstić information content (AvgIpc) is 2.50. The summed E-state index contributed by atoms with van der Waals surface area (Å²) in [4.78, 5) is 0. The van der Waals surface area contributed by atoms with Gasteiger partial charge in [0.15, 0.2) is 0 Å². The molecule has 3 nitrogen and oxygen atoms in total. The van der Waals surface area contributed by atoms with Crippen LogP contribution in [0, 0.1) is 5.92 Å². The van der Waals surface area contributed by atoms with Crippen LogP contribution < -0.4 is 0 Å². The monoisotopic (exact) mass is 330 g/mol. The molecule has 1 aliphatic rings. The molecule has 0 amide bonds. The van der Waals surface area contributed by atoms with Gasteiger partial charge in [0.05, 0.1) is 6.10 Å². The molecule has 0 saturated carbocycles. The summed E-state index contributed by atoms with van der Waals surface area (Å²) in [5, 5.41) is 31.2. The van der Waals surface area contributed by atoms with Crippen LogP contribution in [0.3, 0.4) is 0 Å². The minimum atomic E-state index is -0.486. The molecular weight excluding hydrogens is 300 g/mol. The van der Waals surface area contributed by atoms with Gasteiger partial charge in [0, 0.05) is 11.5 Å². The van der Waals surface area contributed by atoms with Crippen molar-refractivity contribution in [3.8, 4) is 11.5 Å². The zero-order valence-electron chi connectivity index (χ0n) is 15.0. The third kappa shape index (κ3) is 4.02. The van der Waals surface area contributed by atoms with E-state index in [1.807, 2.05) is 19.9 Å². The standard InChI is InChI=1S/C21H30O3/c1-5-6-7-8-15-10-19(23)21(20(24)11-15)17-9-14(4)18(22)12-16(17)13(2)3/h9-11,16-18,22-24H,2,5-8,12H2,1,3-4H3. The molecule has 0 bridgehead atoms. The van der Waals surface area contributed by atoms with Crippen molar-refractivity contribution in [1.82, 2.24) is 0 Å². The molecule has 132 valence electrons. The summed E-state index contributed by atoms with van der Waals surface area (Å²) in [6, 6.07) is 3.54. The number of aryl methyl sites for hydroxylation is 1. The van der Waals surface area contributed by atoms with Gasteiger partial charge in [-0.1, -0.05) is 38.0 Å². The van der Waals surface area contributed by atoms with E-state index in [9.17, 15) is 15.3 Å². The number of hydrogen-bond acceptors (Lipinski definition) is 3. The van der Waals surface area contributed by atoms with Crippen LogP contribution in [0.1, 0.15) is 63.5 Å². The maximum absolute atomic E-state index is 10.6. The first-order chi connectivity index (χ1) is 11.3. The lowest BCUT2D eigenvalue weighted by atomic mass is 9.72. The SMILES string of the molecule is C=C(C)C1CC(O)C(C)=CC1c1c(O)cc(CCCCC)cc1O. The highest BCUT2D eigenvalue weighted by Gasteiger charge is 2.33. The highest BCUT2D eigenvalue weighted by atomic mass is 16.3. The molecule has 24 heavy (non-hydrogen) atoms. The smallest absolute Gasteiger partial charge is 0.123 e. The van der Waals surface area contributed by atoms with Crippen LogP contribution >= 0.6 is 0 Å². The highest BCUT2D eigenvalue weighted by molar-refractivity contribution is 5.52. The fourth-order valence-electron chi connectivity index (χ4n) is 3.62. The maximum Gasteiger partial charge on any atom is 0.123 e. The quantitative estimate of drug-likeness (QED) is 0.518. The van der Waals surface area contributed by atoms with E-state index in [0.717, 1.165) is 42.4 Å². The van der Waals surface area contributed by atoms with Gasteiger partial charge in [0.1, 0.15) is 11.5 Å². The Morgan fingerprint density at radius 1 is 1.21 bits per heavy atom. The lowest BCUT2D eigenvalue weighted by molar-refractivity contribution is 0.168. The third-order valence-corrected chi connectivity index (χ3v) is 5.11. The Labute approximate surface area is 145 Å². The van der Waals surface area contributed by atoms with E-state index in [2.05, 4.69) is 13.5 Å². The van der Waals surface area contributed by atoms with Gasteiger partial charge in [0.25, 0.3) is 0 Å². The molecule has 1 aromatic carbocycles. The van der Waals surface area contributed by atoms with Gasteiger partial charge in [-0.15, -0.1) is 0 Å². The number of aliphatic hydroxyl groups is 1. The summed E-state index contributed by atoms with van der Waals surface area (Å²) in [7, 11) is 0. The Morgan fingerprint density at radius 3 is 2.38 bits per heavy atom. The molecule has 0 aromatic heterocycles. The Kier molecular flexibility index (Phi) is 6.11. The van der Waals surface area contributed by atoms with Crippen molar-refractivity contribution in [2.75, 3.05) is 0 Å². The number of phenolic OH excluding ortho intramolecular Hbond substituents is 2. The van der Waals surface area contributed by atoms with E-state index in [1.165, 1.54) is 0 Å². The molecule has 3 heteroatoms.